The minimum atomic E-state index is -0.321. The van der Waals surface area contributed by atoms with Gasteiger partial charge < -0.3 is 29.9 Å². The number of methoxy groups -OCH3 is 1. The summed E-state index contributed by atoms with van der Waals surface area (Å²) in [7, 11) is 5.58. The first-order chi connectivity index (χ1) is 17.8. The van der Waals surface area contributed by atoms with Crippen LogP contribution in [0.15, 0.2) is 37.2 Å². The molecule has 2 aromatic heterocycles. The molecule has 0 radical (unpaired) electrons. The van der Waals surface area contributed by atoms with E-state index in [9.17, 15) is 4.79 Å². The van der Waals surface area contributed by atoms with E-state index in [0.29, 0.717) is 60.2 Å². The zero-order valence-electron chi connectivity index (χ0n) is 21.4. The van der Waals surface area contributed by atoms with Crippen molar-refractivity contribution in [3.05, 3.63) is 53.5 Å². The van der Waals surface area contributed by atoms with Crippen LogP contribution in [0.25, 0.3) is 5.82 Å². The highest BCUT2D eigenvalue weighted by molar-refractivity contribution is 6.32. The molecule has 0 atom stereocenters. The number of ether oxygens (including phenoxy) is 2. The van der Waals surface area contributed by atoms with Crippen LogP contribution in [0.3, 0.4) is 0 Å². The van der Waals surface area contributed by atoms with Crippen molar-refractivity contribution in [1.29, 1.82) is 0 Å². The van der Waals surface area contributed by atoms with Crippen molar-refractivity contribution >= 4 is 40.5 Å². The fraction of sp³-hybridized carbons (Fsp3) is 0.360. The van der Waals surface area contributed by atoms with E-state index in [0.717, 1.165) is 23.5 Å². The average Bonchev–Trinajstić information content (AvgIpc) is 3.24. The van der Waals surface area contributed by atoms with Crippen LogP contribution in [0.5, 0.6) is 5.75 Å². The molecule has 1 aromatic carbocycles. The molecule has 37 heavy (non-hydrogen) atoms. The Morgan fingerprint density at radius 3 is 2.73 bits per heavy atom. The number of carbonyl (C=O) groups excluding carboxylic acids is 1. The lowest BCUT2D eigenvalue weighted by molar-refractivity contribution is -0.111. The Labute approximate surface area is 221 Å². The molecule has 3 aromatic rings. The first kappa shape index (κ1) is 26.4. The lowest BCUT2D eigenvalue weighted by Crippen LogP contribution is -2.36. The number of amides is 1. The fourth-order valence-electron chi connectivity index (χ4n) is 3.99. The Balaban J connectivity index is 1.69. The topological polar surface area (TPSA) is 110 Å². The summed E-state index contributed by atoms with van der Waals surface area (Å²) in [5.41, 5.74) is 3.94. The molecule has 1 fully saturated rings. The van der Waals surface area contributed by atoms with Gasteiger partial charge in [-0.3, -0.25) is 4.79 Å². The number of hydrogen-bond acceptors (Lipinski definition) is 9. The van der Waals surface area contributed by atoms with Crippen LogP contribution in [0.4, 0.5) is 23.0 Å². The molecule has 1 aliphatic heterocycles. The van der Waals surface area contributed by atoms with E-state index in [1.807, 2.05) is 33.3 Å². The Morgan fingerprint density at radius 2 is 2.05 bits per heavy atom. The van der Waals surface area contributed by atoms with E-state index in [1.54, 1.807) is 17.9 Å². The van der Waals surface area contributed by atoms with E-state index < -0.39 is 0 Å². The van der Waals surface area contributed by atoms with E-state index in [1.165, 1.54) is 12.3 Å². The van der Waals surface area contributed by atoms with Crippen molar-refractivity contribution in [1.82, 2.24) is 24.6 Å². The number of nitrogens with one attached hydrogen (secondary N) is 2. The minimum Gasteiger partial charge on any atom is -0.494 e. The van der Waals surface area contributed by atoms with Gasteiger partial charge in [-0.25, -0.2) is 9.67 Å². The smallest absolute Gasteiger partial charge is 0.247 e. The monoisotopic (exact) mass is 526 g/mol. The molecule has 11 nitrogen and oxygen atoms in total. The van der Waals surface area contributed by atoms with Gasteiger partial charge in [0.15, 0.2) is 5.82 Å². The van der Waals surface area contributed by atoms with Crippen molar-refractivity contribution in [2.45, 2.75) is 13.5 Å². The zero-order chi connectivity index (χ0) is 26.5. The van der Waals surface area contributed by atoms with Gasteiger partial charge in [-0.2, -0.15) is 10.1 Å². The molecule has 12 heteroatoms. The molecule has 0 saturated carbocycles. The number of aryl methyl sites for hydroxylation is 1. The Kier molecular flexibility index (Phi) is 8.27. The molecule has 2 N–H and O–H groups in total. The third-order valence-corrected chi connectivity index (χ3v) is 6.06. The average molecular weight is 527 g/mol. The summed E-state index contributed by atoms with van der Waals surface area (Å²) in [6.07, 6.45) is 4.66. The molecule has 0 aliphatic carbocycles. The fourth-order valence-corrected chi connectivity index (χ4v) is 4.16. The predicted molar refractivity (Wildman–Crippen MR) is 144 cm³/mol. The van der Waals surface area contributed by atoms with Crippen molar-refractivity contribution in [3.8, 4) is 11.6 Å². The maximum absolute atomic E-state index is 12.2. The molecule has 1 aliphatic rings. The van der Waals surface area contributed by atoms with Gasteiger partial charge >= 0.3 is 0 Å². The molecule has 4 rings (SSSR count). The van der Waals surface area contributed by atoms with Crippen molar-refractivity contribution in [2.24, 2.45) is 0 Å². The Hall–Kier alpha value is -3.67. The van der Waals surface area contributed by atoms with Gasteiger partial charge in [-0.15, -0.1) is 0 Å². The summed E-state index contributed by atoms with van der Waals surface area (Å²) in [5.74, 6) is 0.969. The summed E-state index contributed by atoms with van der Waals surface area (Å²) >= 11 is 6.44. The molecule has 196 valence electrons. The van der Waals surface area contributed by atoms with Gasteiger partial charge in [0.25, 0.3) is 0 Å². The van der Waals surface area contributed by atoms with Crippen LogP contribution in [0.1, 0.15) is 11.3 Å². The lowest BCUT2D eigenvalue weighted by atomic mass is 10.1. The van der Waals surface area contributed by atoms with E-state index in [2.05, 4.69) is 42.1 Å². The molecule has 0 spiro atoms. The number of morpholine rings is 1. The van der Waals surface area contributed by atoms with Crippen molar-refractivity contribution in [3.63, 3.8) is 0 Å². The highest BCUT2D eigenvalue weighted by Crippen LogP contribution is 2.38. The summed E-state index contributed by atoms with van der Waals surface area (Å²) in [6.45, 7) is 8.83. The second-order valence-corrected chi connectivity index (χ2v) is 9.18. The third kappa shape index (κ3) is 6.19. The quantitative estimate of drug-likeness (QED) is 0.405. The Morgan fingerprint density at radius 1 is 1.30 bits per heavy atom. The number of hydrogen-bond donors (Lipinski definition) is 2. The van der Waals surface area contributed by atoms with Crippen LogP contribution in [0.2, 0.25) is 5.02 Å². The molecular formula is C25H31ClN8O3. The first-order valence-electron chi connectivity index (χ1n) is 11.8. The van der Waals surface area contributed by atoms with Gasteiger partial charge in [0.05, 0.1) is 49.3 Å². The number of carbonyl (C=O) groups is 1. The van der Waals surface area contributed by atoms with E-state index >= 15 is 0 Å². The normalized spacial score (nSPS) is 13.5. The maximum atomic E-state index is 12.2. The van der Waals surface area contributed by atoms with Crippen LogP contribution >= 0.6 is 11.6 Å². The van der Waals surface area contributed by atoms with Crippen LogP contribution in [0, 0.1) is 6.92 Å². The largest absolute Gasteiger partial charge is 0.494 e. The maximum Gasteiger partial charge on any atom is 0.247 e. The van der Waals surface area contributed by atoms with E-state index in [-0.39, 0.29) is 5.91 Å². The number of anilines is 4. The summed E-state index contributed by atoms with van der Waals surface area (Å²) in [6, 6.07) is 3.66. The number of rotatable bonds is 9. The van der Waals surface area contributed by atoms with Gasteiger partial charge in [0.1, 0.15) is 10.8 Å². The van der Waals surface area contributed by atoms with Crippen molar-refractivity contribution in [2.75, 3.05) is 63.0 Å². The number of halogens is 1. The minimum absolute atomic E-state index is 0.292. The highest BCUT2D eigenvalue weighted by Gasteiger charge is 2.20. The third-order valence-electron chi connectivity index (χ3n) is 5.79. The molecule has 3 heterocycles. The zero-order valence-corrected chi connectivity index (χ0v) is 22.2. The number of aromatic nitrogens is 4. The van der Waals surface area contributed by atoms with Gasteiger partial charge in [-0.1, -0.05) is 18.2 Å². The molecule has 0 unspecified atom stereocenters. The summed E-state index contributed by atoms with van der Waals surface area (Å²) in [5, 5.41) is 11.0. The first-order valence-corrected chi connectivity index (χ1v) is 12.1. The second kappa shape index (κ2) is 11.6. The Bertz CT molecular complexity index is 1290. The molecule has 1 saturated heterocycles. The SMILES string of the molecule is C=CC(=O)Nc1cc(Nc2ncc(Cl)c(-n3cc(CN(C)C)c(C)n3)n2)c(OC)cc1N1CCOCC1. The van der Waals surface area contributed by atoms with Gasteiger partial charge in [-0.05, 0) is 33.2 Å². The van der Waals surface area contributed by atoms with Gasteiger partial charge in [0.2, 0.25) is 11.9 Å². The summed E-state index contributed by atoms with van der Waals surface area (Å²) < 4.78 is 12.8. The molecule has 1 amide bonds. The highest BCUT2D eigenvalue weighted by atomic mass is 35.5. The van der Waals surface area contributed by atoms with Gasteiger partial charge in [0, 0.05) is 37.5 Å². The molecule has 0 bridgehead atoms. The van der Waals surface area contributed by atoms with E-state index in [4.69, 9.17) is 21.1 Å². The standard InChI is InChI=1S/C25H31ClN8O3/c1-6-23(35)28-19-11-20(22(36-5)12-21(19)33-7-9-37-10-8-33)29-25-27-13-18(26)24(30-25)34-15-17(14-32(3)4)16(2)31-34/h6,11-13,15H,1,7-10,14H2,2-5H3,(H,28,35)(H,27,29,30). The number of nitrogens with zero attached hydrogens (tertiary/aromatic N) is 6. The lowest BCUT2D eigenvalue weighted by Gasteiger charge is -2.31. The predicted octanol–water partition coefficient (Wildman–Crippen LogP) is 3.40. The summed E-state index contributed by atoms with van der Waals surface area (Å²) in [4.78, 5) is 25.4. The van der Waals surface area contributed by atoms with Crippen molar-refractivity contribution < 1.29 is 14.3 Å². The number of benzene rings is 1. The van der Waals surface area contributed by atoms with Crippen LogP contribution in [-0.4, -0.2) is 78.1 Å². The van der Waals surface area contributed by atoms with Crippen LogP contribution in [-0.2, 0) is 16.1 Å². The van der Waals surface area contributed by atoms with Crippen LogP contribution < -0.4 is 20.3 Å². The molecular weight excluding hydrogens is 496 g/mol. The second-order valence-electron chi connectivity index (χ2n) is 8.77.